The Morgan fingerprint density at radius 2 is 1.89 bits per heavy atom. The van der Waals surface area contributed by atoms with E-state index >= 15 is 0 Å². The molecule has 1 aliphatic carbocycles. The van der Waals surface area contributed by atoms with Gasteiger partial charge in [0, 0.05) is 24.0 Å². The highest BCUT2D eigenvalue weighted by Crippen LogP contribution is 2.48. The molecule has 27 heavy (non-hydrogen) atoms. The molecule has 1 aliphatic rings. The number of hydrogen-bond donors (Lipinski definition) is 2. The third-order valence-corrected chi connectivity index (χ3v) is 5.07. The van der Waals surface area contributed by atoms with Crippen LogP contribution in [0, 0.1) is 0 Å². The Labute approximate surface area is 157 Å². The van der Waals surface area contributed by atoms with Crippen molar-refractivity contribution < 1.29 is 14.6 Å². The first-order valence-corrected chi connectivity index (χ1v) is 8.86. The number of carboxylic acids is 1. The molecule has 4 rings (SSSR count). The van der Waals surface area contributed by atoms with Crippen LogP contribution in [0.25, 0.3) is 5.69 Å². The number of nitrogens with zero attached hydrogens (tertiary/aromatic N) is 2. The highest BCUT2D eigenvalue weighted by molar-refractivity contribution is 5.85. The third kappa shape index (κ3) is 3.38. The van der Waals surface area contributed by atoms with Crippen LogP contribution in [-0.4, -0.2) is 28.0 Å². The minimum atomic E-state index is -0.728. The van der Waals surface area contributed by atoms with Gasteiger partial charge in [-0.2, -0.15) is 5.10 Å². The molecule has 1 aromatic heterocycles. The second-order valence-corrected chi connectivity index (χ2v) is 6.81. The monoisotopic (exact) mass is 363 g/mol. The number of ether oxygens (including phenoxy) is 1. The summed E-state index contributed by atoms with van der Waals surface area (Å²) in [5.74, 6) is 0.0845. The van der Waals surface area contributed by atoms with Crippen LogP contribution < -0.4 is 10.1 Å². The summed E-state index contributed by atoms with van der Waals surface area (Å²) in [6.45, 7) is 0.638. The first-order valence-electron chi connectivity index (χ1n) is 8.86. The van der Waals surface area contributed by atoms with Crippen LogP contribution in [0.1, 0.15) is 24.0 Å². The van der Waals surface area contributed by atoms with Gasteiger partial charge < -0.3 is 15.2 Å². The average Bonchev–Trinajstić information content (AvgIpc) is 3.39. The van der Waals surface area contributed by atoms with Crippen LogP contribution >= 0.6 is 0 Å². The Hall–Kier alpha value is -3.28. The van der Waals surface area contributed by atoms with Crippen molar-refractivity contribution in [3.05, 3.63) is 72.1 Å². The number of anilines is 1. The molecule has 0 bridgehead atoms. The number of rotatable bonds is 7. The zero-order chi connectivity index (χ0) is 18.9. The number of nitrogens with one attached hydrogen (secondary N) is 1. The van der Waals surface area contributed by atoms with Crippen LogP contribution in [-0.2, 0) is 16.8 Å². The molecule has 0 radical (unpaired) electrons. The van der Waals surface area contributed by atoms with Gasteiger partial charge in [0.2, 0.25) is 0 Å². The lowest BCUT2D eigenvalue weighted by atomic mass is 9.96. The van der Waals surface area contributed by atoms with Gasteiger partial charge in [0.15, 0.2) is 0 Å². The Kier molecular flexibility index (Phi) is 4.32. The highest BCUT2D eigenvalue weighted by Gasteiger charge is 2.51. The Morgan fingerprint density at radius 3 is 2.48 bits per heavy atom. The van der Waals surface area contributed by atoms with Gasteiger partial charge in [0.1, 0.15) is 5.75 Å². The summed E-state index contributed by atoms with van der Waals surface area (Å²) in [5, 5.41) is 17.1. The second-order valence-electron chi connectivity index (χ2n) is 6.81. The number of aliphatic carboxylic acids is 1. The molecule has 1 heterocycles. The van der Waals surface area contributed by atoms with Crippen molar-refractivity contribution in [1.29, 1.82) is 0 Å². The molecule has 138 valence electrons. The summed E-state index contributed by atoms with van der Waals surface area (Å²) < 4.78 is 6.99. The predicted octanol–water partition coefficient (Wildman–Crippen LogP) is 3.61. The molecular formula is C21H21N3O3. The normalized spacial score (nSPS) is 14.6. The lowest BCUT2D eigenvalue weighted by Gasteiger charge is -2.11. The van der Waals surface area contributed by atoms with Gasteiger partial charge in [-0.3, -0.25) is 4.79 Å². The summed E-state index contributed by atoms with van der Waals surface area (Å²) in [6.07, 6.45) is 5.25. The zero-order valence-corrected chi connectivity index (χ0v) is 15.1. The molecule has 6 heteroatoms. The van der Waals surface area contributed by atoms with Crippen molar-refractivity contribution >= 4 is 11.7 Å². The van der Waals surface area contributed by atoms with Crippen molar-refractivity contribution in [3.8, 4) is 11.4 Å². The summed E-state index contributed by atoms with van der Waals surface area (Å²) in [6, 6.07) is 15.4. The fourth-order valence-corrected chi connectivity index (χ4v) is 3.19. The summed E-state index contributed by atoms with van der Waals surface area (Å²) in [4.78, 5) is 11.4. The Balaban J connectivity index is 1.39. The quantitative estimate of drug-likeness (QED) is 0.671. The Bertz CT molecular complexity index is 942. The van der Waals surface area contributed by atoms with Crippen LogP contribution in [0.4, 0.5) is 5.69 Å². The molecule has 2 N–H and O–H groups in total. The van der Waals surface area contributed by atoms with Gasteiger partial charge in [0.05, 0.1) is 24.4 Å². The van der Waals surface area contributed by atoms with E-state index in [0.717, 1.165) is 41.1 Å². The van der Waals surface area contributed by atoms with Crippen LogP contribution in [0.3, 0.4) is 0 Å². The fraction of sp³-hybridized carbons (Fsp3) is 0.238. The van der Waals surface area contributed by atoms with E-state index in [-0.39, 0.29) is 0 Å². The lowest BCUT2D eigenvalue weighted by Crippen LogP contribution is -2.19. The molecule has 0 atom stereocenters. The predicted molar refractivity (Wildman–Crippen MR) is 102 cm³/mol. The van der Waals surface area contributed by atoms with E-state index in [1.165, 1.54) is 0 Å². The van der Waals surface area contributed by atoms with E-state index in [1.807, 2.05) is 65.6 Å². The molecule has 0 aliphatic heterocycles. The first kappa shape index (κ1) is 17.1. The van der Waals surface area contributed by atoms with Crippen molar-refractivity contribution in [3.63, 3.8) is 0 Å². The van der Waals surface area contributed by atoms with E-state index in [2.05, 4.69) is 10.4 Å². The van der Waals surface area contributed by atoms with E-state index < -0.39 is 11.4 Å². The Morgan fingerprint density at radius 1 is 1.19 bits per heavy atom. The van der Waals surface area contributed by atoms with Crippen LogP contribution in [0.5, 0.6) is 5.75 Å². The standard InChI is InChI=1S/C21H21N3O3/c1-27-19-8-6-18(7-9-19)24-14-15(13-23-24)12-22-17-4-2-16(3-5-17)21(10-11-21)20(25)26/h2-9,13-14,22H,10-12H2,1H3,(H,25,26). The maximum atomic E-state index is 11.4. The van der Waals surface area contributed by atoms with Crippen molar-refractivity contribution in [2.45, 2.75) is 24.8 Å². The smallest absolute Gasteiger partial charge is 0.314 e. The van der Waals surface area contributed by atoms with Gasteiger partial charge in [-0.15, -0.1) is 0 Å². The van der Waals surface area contributed by atoms with Gasteiger partial charge in [-0.1, -0.05) is 12.1 Å². The fourth-order valence-electron chi connectivity index (χ4n) is 3.19. The van der Waals surface area contributed by atoms with Gasteiger partial charge in [0.25, 0.3) is 0 Å². The number of carboxylic acid groups (broad SMARTS) is 1. The van der Waals surface area contributed by atoms with E-state index in [4.69, 9.17) is 4.74 Å². The van der Waals surface area contributed by atoms with Gasteiger partial charge in [-0.05, 0) is 54.8 Å². The summed E-state index contributed by atoms with van der Waals surface area (Å²) >= 11 is 0. The van der Waals surface area contributed by atoms with Crippen molar-refractivity contribution in [2.24, 2.45) is 0 Å². The molecule has 1 fully saturated rings. The molecule has 0 saturated heterocycles. The number of methoxy groups -OCH3 is 1. The van der Waals surface area contributed by atoms with Gasteiger partial charge >= 0.3 is 5.97 Å². The molecule has 0 amide bonds. The number of hydrogen-bond acceptors (Lipinski definition) is 4. The van der Waals surface area contributed by atoms with E-state index in [9.17, 15) is 9.90 Å². The van der Waals surface area contributed by atoms with Crippen LogP contribution in [0.15, 0.2) is 60.9 Å². The lowest BCUT2D eigenvalue weighted by molar-refractivity contribution is -0.140. The highest BCUT2D eigenvalue weighted by atomic mass is 16.5. The molecule has 6 nitrogen and oxygen atoms in total. The molecule has 0 unspecified atom stereocenters. The molecule has 2 aromatic carbocycles. The first-order chi connectivity index (χ1) is 13.1. The number of benzene rings is 2. The van der Waals surface area contributed by atoms with Crippen LogP contribution in [0.2, 0.25) is 0 Å². The van der Waals surface area contributed by atoms with E-state index in [0.29, 0.717) is 6.54 Å². The maximum Gasteiger partial charge on any atom is 0.314 e. The number of carbonyl (C=O) groups is 1. The second kappa shape index (κ2) is 6.79. The number of aromatic nitrogens is 2. The van der Waals surface area contributed by atoms with Crippen molar-refractivity contribution in [2.75, 3.05) is 12.4 Å². The molecule has 3 aromatic rings. The molecule has 1 saturated carbocycles. The summed E-state index contributed by atoms with van der Waals surface area (Å²) in [5.41, 5.74) is 3.21. The van der Waals surface area contributed by atoms with Gasteiger partial charge in [-0.25, -0.2) is 4.68 Å². The summed E-state index contributed by atoms with van der Waals surface area (Å²) in [7, 11) is 1.64. The third-order valence-electron chi connectivity index (χ3n) is 5.07. The molecule has 0 spiro atoms. The molecular weight excluding hydrogens is 342 g/mol. The minimum absolute atomic E-state index is 0.638. The van der Waals surface area contributed by atoms with Crippen molar-refractivity contribution in [1.82, 2.24) is 9.78 Å². The topological polar surface area (TPSA) is 76.4 Å². The minimum Gasteiger partial charge on any atom is -0.497 e. The SMILES string of the molecule is COc1ccc(-n2cc(CNc3ccc(C4(C(=O)O)CC4)cc3)cn2)cc1. The largest absolute Gasteiger partial charge is 0.497 e. The van der Waals surface area contributed by atoms with E-state index in [1.54, 1.807) is 7.11 Å². The average molecular weight is 363 g/mol. The maximum absolute atomic E-state index is 11.4. The zero-order valence-electron chi connectivity index (χ0n) is 15.1.